The number of carbonyl (C=O) groups is 1. The molecule has 1 aromatic carbocycles. The van der Waals surface area contributed by atoms with E-state index in [1.807, 2.05) is 23.1 Å². The van der Waals surface area contributed by atoms with E-state index < -0.39 is 6.43 Å². The van der Waals surface area contributed by atoms with Crippen molar-refractivity contribution in [2.24, 2.45) is 0 Å². The molecule has 0 aliphatic carbocycles. The highest BCUT2D eigenvalue weighted by Crippen LogP contribution is 2.34. The number of nitrogens with one attached hydrogen (secondary N) is 2. The Morgan fingerprint density at radius 3 is 2.70 bits per heavy atom. The molecule has 5 rings (SSSR count). The van der Waals surface area contributed by atoms with Gasteiger partial charge in [0.25, 0.3) is 6.43 Å². The molecule has 0 saturated carbocycles. The van der Waals surface area contributed by atoms with Gasteiger partial charge >= 0.3 is 6.03 Å². The van der Waals surface area contributed by atoms with Crippen LogP contribution in [0.3, 0.4) is 0 Å². The summed E-state index contributed by atoms with van der Waals surface area (Å²) in [6.45, 7) is 1.48. The van der Waals surface area contributed by atoms with Crippen molar-refractivity contribution < 1.29 is 18.0 Å². The van der Waals surface area contributed by atoms with Crippen molar-refractivity contribution in [3.8, 4) is 11.3 Å². The van der Waals surface area contributed by atoms with Gasteiger partial charge in [-0.05, 0) is 38.2 Å². The zero-order chi connectivity index (χ0) is 22.9. The Hall–Kier alpha value is -3.14. The number of hydrogen-bond donors (Lipinski definition) is 2. The fourth-order valence-electron chi connectivity index (χ4n) is 5.03. The lowest BCUT2D eigenvalue weighted by atomic mass is 9.82. The number of nitrogens with zero attached hydrogens (tertiary/aromatic N) is 4. The van der Waals surface area contributed by atoms with Gasteiger partial charge in [-0.3, -0.25) is 5.32 Å². The SMILES string of the molecule is Cc1ncc(-c2ccc3cnc(NC(=O)N4[C@@H]5CCC[C@H]4CC(NCC(F)F)C5)nc3c2)o1. The summed E-state index contributed by atoms with van der Waals surface area (Å²) in [6.07, 6.45) is 5.10. The van der Waals surface area contributed by atoms with Gasteiger partial charge in [-0.2, -0.15) is 0 Å². The lowest BCUT2D eigenvalue weighted by molar-refractivity contribution is 0.0547. The molecule has 2 aromatic heterocycles. The molecular formula is C23H26F2N6O2. The van der Waals surface area contributed by atoms with Gasteiger partial charge in [0.1, 0.15) is 0 Å². The van der Waals surface area contributed by atoms with E-state index >= 15 is 0 Å². The van der Waals surface area contributed by atoms with Crippen LogP contribution in [-0.4, -0.2) is 57.0 Å². The van der Waals surface area contributed by atoms with Crippen LogP contribution in [0.4, 0.5) is 19.5 Å². The Balaban J connectivity index is 1.31. The first-order valence-corrected chi connectivity index (χ1v) is 11.3. The van der Waals surface area contributed by atoms with Gasteiger partial charge in [0.2, 0.25) is 5.95 Å². The molecular weight excluding hydrogens is 430 g/mol. The highest BCUT2D eigenvalue weighted by atomic mass is 19.3. The molecule has 10 heteroatoms. The van der Waals surface area contributed by atoms with E-state index in [9.17, 15) is 13.6 Å². The summed E-state index contributed by atoms with van der Waals surface area (Å²) < 4.78 is 30.8. The fourth-order valence-corrected chi connectivity index (χ4v) is 5.03. The number of aromatic nitrogens is 3. The van der Waals surface area contributed by atoms with E-state index in [1.165, 1.54) is 0 Å². The number of fused-ring (bicyclic) bond motifs is 3. The van der Waals surface area contributed by atoms with Gasteiger partial charge in [-0.1, -0.05) is 12.1 Å². The van der Waals surface area contributed by atoms with Crippen LogP contribution in [0.5, 0.6) is 0 Å². The second-order valence-corrected chi connectivity index (χ2v) is 8.75. The normalized spacial score (nSPS) is 22.7. The first kappa shape index (κ1) is 21.7. The first-order chi connectivity index (χ1) is 16.0. The lowest BCUT2D eigenvalue weighted by Crippen LogP contribution is -2.59. The topological polar surface area (TPSA) is 96.2 Å². The maximum absolute atomic E-state index is 13.2. The van der Waals surface area contributed by atoms with Crippen LogP contribution >= 0.6 is 0 Å². The Kier molecular flexibility index (Phi) is 5.92. The van der Waals surface area contributed by atoms with Gasteiger partial charge in [-0.25, -0.2) is 28.5 Å². The number of alkyl halides is 2. The zero-order valence-corrected chi connectivity index (χ0v) is 18.3. The van der Waals surface area contributed by atoms with Gasteiger partial charge in [0, 0.05) is 42.2 Å². The quantitative estimate of drug-likeness (QED) is 0.592. The third kappa shape index (κ3) is 4.66. The molecule has 2 N–H and O–H groups in total. The maximum Gasteiger partial charge on any atom is 0.324 e. The van der Waals surface area contributed by atoms with Crippen molar-refractivity contribution in [3.63, 3.8) is 0 Å². The van der Waals surface area contributed by atoms with Crippen LogP contribution in [0, 0.1) is 6.92 Å². The van der Waals surface area contributed by atoms with Crippen LogP contribution in [0.25, 0.3) is 22.2 Å². The van der Waals surface area contributed by atoms with E-state index in [-0.39, 0.29) is 36.6 Å². The van der Waals surface area contributed by atoms with Gasteiger partial charge < -0.3 is 14.6 Å². The number of piperidine rings is 2. The van der Waals surface area contributed by atoms with Crippen molar-refractivity contribution >= 4 is 22.9 Å². The highest BCUT2D eigenvalue weighted by Gasteiger charge is 2.41. The van der Waals surface area contributed by atoms with E-state index in [4.69, 9.17) is 4.42 Å². The van der Waals surface area contributed by atoms with Crippen molar-refractivity contribution in [3.05, 3.63) is 36.5 Å². The molecule has 0 radical (unpaired) electrons. The molecule has 8 nitrogen and oxygen atoms in total. The van der Waals surface area contributed by atoms with Gasteiger partial charge in [0.05, 0.1) is 18.3 Å². The van der Waals surface area contributed by atoms with Crippen LogP contribution < -0.4 is 10.6 Å². The second-order valence-electron chi connectivity index (χ2n) is 8.75. The van der Waals surface area contributed by atoms with Crippen molar-refractivity contribution in [1.82, 2.24) is 25.2 Å². The summed E-state index contributed by atoms with van der Waals surface area (Å²) in [7, 11) is 0. The molecule has 33 heavy (non-hydrogen) atoms. The molecule has 4 heterocycles. The van der Waals surface area contributed by atoms with Crippen LogP contribution in [0.1, 0.15) is 38.0 Å². The molecule has 2 aliphatic rings. The van der Waals surface area contributed by atoms with Gasteiger partial charge in [-0.15, -0.1) is 0 Å². The van der Waals surface area contributed by atoms with E-state index in [0.717, 1.165) is 30.2 Å². The molecule has 2 amide bonds. The number of benzene rings is 1. The monoisotopic (exact) mass is 456 g/mol. The average Bonchev–Trinajstić information content (AvgIpc) is 3.22. The minimum atomic E-state index is -2.37. The van der Waals surface area contributed by atoms with Gasteiger partial charge in [0.15, 0.2) is 11.7 Å². The molecule has 1 unspecified atom stereocenters. The second kappa shape index (κ2) is 9.01. The number of aryl methyl sites for hydroxylation is 1. The molecule has 3 atom stereocenters. The molecule has 0 spiro atoms. The van der Waals surface area contributed by atoms with Crippen LogP contribution in [-0.2, 0) is 0 Å². The number of anilines is 1. The largest absolute Gasteiger partial charge is 0.441 e. The summed E-state index contributed by atoms with van der Waals surface area (Å²) in [4.78, 5) is 28.0. The smallest absolute Gasteiger partial charge is 0.324 e. The Bertz CT molecular complexity index is 1140. The lowest BCUT2D eigenvalue weighted by Gasteiger charge is -2.48. The number of oxazole rings is 1. The number of hydrogen-bond acceptors (Lipinski definition) is 6. The minimum absolute atomic E-state index is 0.00779. The predicted molar refractivity (Wildman–Crippen MR) is 119 cm³/mol. The summed E-state index contributed by atoms with van der Waals surface area (Å²) in [5.41, 5.74) is 1.52. The highest BCUT2D eigenvalue weighted by molar-refractivity contribution is 5.90. The Morgan fingerprint density at radius 2 is 2.00 bits per heavy atom. The number of halogens is 2. The Labute approximate surface area is 189 Å². The summed E-state index contributed by atoms with van der Waals surface area (Å²) in [6, 6.07) is 5.50. The summed E-state index contributed by atoms with van der Waals surface area (Å²) >= 11 is 0. The molecule has 174 valence electrons. The number of urea groups is 1. The van der Waals surface area contributed by atoms with Crippen molar-refractivity contribution in [1.29, 1.82) is 0 Å². The van der Waals surface area contributed by atoms with Crippen molar-refractivity contribution in [2.45, 2.75) is 63.6 Å². The standard InChI is InChI=1S/C23H26F2N6O2/c1-13-26-11-20(33-13)14-5-6-15-10-28-22(29-19(15)7-14)30-23(32)31-17-3-2-4-18(31)9-16(8-17)27-12-21(24)25/h5-7,10-11,16-18,21,27H,2-4,8-9,12H2,1H3,(H,28,29,30,32)/t16?,17-,18+. The first-order valence-electron chi connectivity index (χ1n) is 11.3. The van der Waals surface area contributed by atoms with E-state index in [2.05, 4.69) is 25.6 Å². The maximum atomic E-state index is 13.2. The predicted octanol–water partition coefficient (Wildman–Crippen LogP) is 4.37. The van der Waals surface area contributed by atoms with Crippen molar-refractivity contribution in [2.75, 3.05) is 11.9 Å². The van der Waals surface area contributed by atoms with E-state index in [0.29, 0.717) is 30.0 Å². The third-order valence-corrected chi connectivity index (χ3v) is 6.48. The summed E-state index contributed by atoms with van der Waals surface area (Å²) in [5, 5.41) is 6.65. The average molecular weight is 456 g/mol. The third-order valence-electron chi connectivity index (χ3n) is 6.48. The number of rotatable bonds is 5. The van der Waals surface area contributed by atoms with Crippen LogP contribution in [0.2, 0.25) is 0 Å². The molecule has 2 bridgehead atoms. The Morgan fingerprint density at radius 1 is 1.21 bits per heavy atom. The zero-order valence-electron chi connectivity index (χ0n) is 18.3. The molecule has 2 fully saturated rings. The van der Waals surface area contributed by atoms with E-state index in [1.54, 1.807) is 19.3 Å². The molecule has 2 saturated heterocycles. The number of amides is 2. The minimum Gasteiger partial charge on any atom is -0.441 e. The summed E-state index contributed by atoms with van der Waals surface area (Å²) in [5.74, 6) is 1.46. The number of carbonyl (C=O) groups excluding carboxylic acids is 1. The molecule has 3 aromatic rings. The van der Waals surface area contributed by atoms with Crippen LogP contribution in [0.15, 0.2) is 35.0 Å². The molecule has 2 aliphatic heterocycles. The fraction of sp³-hybridized carbons (Fsp3) is 0.478.